The number of alkyl halides is 3. The predicted octanol–water partition coefficient (Wildman–Crippen LogP) is 3.26. The molecule has 0 bridgehead atoms. The summed E-state index contributed by atoms with van der Waals surface area (Å²) in [7, 11) is 3.62. The highest BCUT2D eigenvalue weighted by Crippen LogP contribution is 2.34. The number of morpholine rings is 1. The fourth-order valence-electron chi connectivity index (χ4n) is 6.30. The van der Waals surface area contributed by atoms with Gasteiger partial charge >= 0.3 is 6.18 Å². The standard InChI is InChI=1S/C36H43F3N10O4/c1-46-15-16-48(32(24-46)42-22-25-6-9-27(52-2)10-7-25)31-11-8-26(21-29(31)43-34(50)28-5-3-12-40-33(28)36(37,38)39)49-23-30(44-45-49)35(51)41-13-4-14-47-17-19-53-20-18-47/h3,5-12,21,23,32,42H,4,13-20,22,24H2,1-2H3,(H,41,51)(H,43,50). The van der Waals surface area contributed by atoms with E-state index in [2.05, 4.69) is 45.9 Å². The predicted molar refractivity (Wildman–Crippen MR) is 191 cm³/mol. The van der Waals surface area contributed by atoms with E-state index < -0.39 is 23.3 Å². The van der Waals surface area contributed by atoms with Crippen LogP contribution in [0.15, 0.2) is 67.0 Å². The smallest absolute Gasteiger partial charge is 0.434 e. The van der Waals surface area contributed by atoms with Gasteiger partial charge < -0.3 is 29.9 Å². The molecule has 2 fully saturated rings. The third-order valence-electron chi connectivity index (χ3n) is 9.17. The Morgan fingerprint density at radius 3 is 2.57 bits per heavy atom. The zero-order valence-electron chi connectivity index (χ0n) is 29.6. The molecule has 0 aliphatic carbocycles. The van der Waals surface area contributed by atoms with Crippen molar-refractivity contribution in [3.05, 3.63) is 89.5 Å². The number of carbonyl (C=O) groups excluding carboxylic acids is 2. The summed E-state index contributed by atoms with van der Waals surface area (Å²) < 4.78 is 53.7. The van der Waals surface area contributed by atoms with Crippen LogP contribution in [0.4, 0.5) is 24.5 Å². The summed E-state index contributed by atoms with van der Waals surface area (Å²) >= 11 is 0. The number of halogens is 3. The van der Waals surface area contributed by atoms with Gasteiger partial charge in [-0.3, -0.25) is 24.8 Å². The molecule has 1 atom stereocenters. The molecule has 2 aromatic carbocycles. The molecule has 53 heavy (non-hydrogen) atoms. The first kappa shape index (κ1) is 37.7. The molecule has 1 unspecified atom stereocenters. The van der Waals surface area contributed by atoms with Crippen LogP contribution in [0.3, 0.4) is 0 Å². The zero-order valence-corrected chi connectivity index (χ0v) is 29.6. The monoisotopic (exact) mass is 736 g/mol. The van der Waals surface area contributed by atoms with Gasteiger partial charge in [-0.25, -0.2) is 4.68 Å². The van der Waals surface area contributed by atoms with Crippen molar-refractivity contribution in [1.82, 2.24) is 40.4 Å². The number of methoxy groups -OCH3 is 1. The van der Waals surface area contributed by atoms with E-state index in [4.69, 9.17) is 9.47 Å². The third kappa shape index (κ3) is 9.67. The normalized spacial score (nSPS) is 17.1. The van der Waals surface area contributed by atoms with Crippen molar-refractivity contribution >= 4 is 23.2 Å². The number of benzene rings is 2. The molecule has 2 aliphatic heterocycles. The Balaban J connectivity index is 1.24. The molecule has 0 radical (unpaired) electrons. The first-order valence-electron chi connectivity index (χ1n) is 17.4. The van der Waals surface area contributed by atoms with Crippen molar-refractivity contribution in [2.45, 2.75) is 25.3 Å². The zero-order chi connectivity index (χ0) is 37.4. The van der Waals surface area contributed by atoms with Gasteiger partial charge in [0.25, 0.3) is 11.8 Å². The Morgan fingerprint density at radius 1 is 1.02 bits per heavy atom. The van der Waals surface area contributed by atoms with Crippen molar-refractivity contribution in [1.29, 1.82) is 0 Å². The fraction of sp³-hybridized carbons (Fsp3) is 0.417. The van der Waals surface area contributed by atoms with Gasteiger partial charge in [0.15, 0.2) is 11.4 Å². The molecule has 2 saturated heterocycles. The highest BCUT2D eigenvalue weighted by molar-refractivity contribution is 6.07. The summed E-state index contributed by atoms with van der Waals surface area (Å²) in [6, 6.07) is 15.2. The minimum Gasteiger partial charge on any atom is -0.497 e. The molecule has 3 N–H and O–H groups in total. The van der Waals surface area contributed by atoms with Crippen LogP contribution in [0, 0.1) is 0 Å². The lowest BCUT2D eigenvalue weighted by molar-refractivity contribution is -0.141. The SMILES string of the molecule is COc1ccc(CNC2CN(C)CCN2c2ccc(-n3cc(C(=O)NCCCN4CCOCC4)nn3)cc2NC(=O)c2cccnc2C(F)(F)F)cc1. The molecule has 2 aromatic heterocycles. The summed E-state index contributed by atoms with van der Waals surface area (Å²) in [5, 5.41) is 17.4. The summed E-state index contributed by atoms with van der Waals surface area (Å²) in [6.07, 6.45) is -1.84. The van der Waals surface area contributed by atoms with Crippen LogP contribution in [0.5, 0.6) is 5.75 Å². The summed E-state index contributed by atoms with van der Waals surface area (Å²) in [4.78, 5) is 36.5. The number of rotatable bonds is 13. The second-order valence-electron chi connectivity index (χ2n) is 12.9. The second kappa shape index (κ2) is 17.2. The highest BCUT2D eigenvalue weighted by atomic mass is 19.4. The van der Waals surface area contributed by atoms with E-state index >= 15 is 0 Å². The van der Waals surface area contributed by atoms with E-state index in [0.717, 1.165) is 49.6 Å². The molecule has 4 aromatic rings. The first-order valence-corrected chi connectivity index (χ1v) is 17.4. The number of nitrogens with one attached hydrogen (secondary N) is 3. The molecule has 282 valence electrons. The summed E-state index contributed by atoms with van der Waals surface area (Å²) in [6.45, 7) is 6.85. The van der Waals surface area contributed by atoms with Gasteiger partial charge in [-0.15, -0.1) is 5.10 Å². The topological polar surface area (TPSA) is 142 Å². The van der Waals surface area contributed by atoms with E-state index in [0.29, 0.717) is 57.3 Å². The number of ether oxygens (including phenoxy) is 2. The number of anilines is 2. The van der Waals surface area contributed by atoms with Crippen molar-refractivity contribution in [3.63, 3.8) is 0 Å². The van der Waals surface area contributed by atoms with E-state index in [1.54, 1.807) is 25.3 Å². The quantitative estimate of drug-likeness (QED) is 0.174. The van der Waals surface area contributed by atoms with Crippen molar-refractivity contribution in [2.75, 3.05) is 83.4 Å². The largest absolute Gasteiger partial charge is 0.497 e. The Kier molecular flexibility index (Phi) is 12.2. The lowest BCUT2D eigenvalue weighted by atomic mass is 10.1. The van der Waals surface area contributed by atoms with Crippen LogP contribution in [0.25, 0.3) is 5.69 Å². The molecular weight excluding hydrogens is 693 g/mol. The molecular formula is C36H43F3N10O4. The highest BCUT2D eigenvalue weighted by Gasteiger charge is 2.37. The molecule has 2 amide bonds. The Morgan fingerprint density at radius 2 is 1.81 bits per heavy atom. The Labute approximate surface area is 305 Å². The molecule has 17 heteroatoms. The fourth-order valence-corrected chi connectivity index (χ4v) is 6.30. The van der Waals surface area contributed by atoms with Gasteiger partial charge in [0.2, 0.25) is 0 Å². The van der Waals surface area contributed by atoms with Gasteiger partial charge in [0.1, 0.15) is 5.75 Å². The number of likely N-dealkylation sites (N-methyl/N-ethyl adjacent to an activating group) is 1. The van der Waals surface area contributed by atoms with Crippen LogP contribution in [-0.4, -0.2) is 121 Å². The number of aromatic nitrogens is 4. The third-order valence-corrected chi connectivity index (χ3v) is 9.17. The van der Waals surface area contributed by atoms with Gasteiger partial charge in [-0.2, -0.15) is 13.2 Å². The van der Waals surface area contributed by atoms with Crippen molar-refractivity contribution in [2.24, 2.45) is 0 Å². The van der Waals surface area contributed by atoms with Crippen LogP contribution < -0.4 is 25.6 Å². The molecule has 14 nitrogen and oxygen atoms in total. The molecule has 4 heterocycles. The average molecular weight is 737 g/mol. The van der Waals surface area contributed by atoms with Crippen LogP contribution in [-0.2, 0) is 17.5 Å². The van der Waals surface area contributed by atoms with Gasteiger partial charge in [-0.1, -0.05) is 17.3 Å². The molecule has 6 rings (SSSR count). The Bertz CT molecular complexity index is 1850. The maximum absolute atomic E-state index is 13.9. The minimum atomic E-state index is -4.84. The van der Waals surface area contributed by atoms with Gasteiger partial charge in [0, 0.05) is 52.0 Å². The first-order chi connectivity index (χ1) is 25.6. The van der Waals surface area contributed by atoms with Crippen LogP contribution in [0.2, 0.25) is 0 Å². The summed E-state index contributed by atoms with van der Waals surface area (Å²) in [5.74, 6) is -0.616. The van der Waals surface area contributed by atoms with Crippen LogP contribution in [0.1, 0.15) is 38.5 Å². The van der Waals surface area contributed by atoms with Crippen LogP contribution >= 0.6 is 0 Å². The number of hydrogen-bond acceptors (Lipinski definition) is 11. The molecule has 2 aliphatic rings. The number of carbonyl (C=O) groups is 2. The summed E-state index contributed by atoms with van der Waals surface area (Å²) in [5.41, 5.74) is 0.485. The minimum absolute atomic E-state index is 0.0954. The maximum atomic E-state index is 13.9. The van der Waals surface area contributed by atoms with Gasteiger partial charge in [-0.05, 0) is 68.0 Å². The number of pyridine rings is 1. The Hall–Kier alpha value is -5.10. The van der Waals surface area contributed by atoms with Crippen molar-refractivity contribution < 1.29 is 32.2 Å². The number of piperazine rings is 1. The molecule has 0 spiro atoms. The van der Waals surface area contributed by atoms with Gasteiger partial charge in [0.05, 0.1) is 55.3 Å². The average Bonchev–Trinajstić information content (AvgIpc) is 3.67. The van der Waals surface area contributed by atoms with E-state index in [9.17, 15) is 22.8 Å². The number of nitrogens with zero attached hydrogens (tertiary/aromatic N) is 7. The lowest BCUT2D eigenvalue weighted by Gasteiger charge is -2.42. The number of amides is 2. The van der Waals surface area contributed by atoms with E-state index in [1.807, 2.05) is 31.3 Å². The lowest BCUT2D eigenvalue weighted by Crippen LogP contribution is -2.58. The molecule has 0 saturated carbocycles. The van der Waals surface area contributed by atoms with Crippen molar-refractivity contribution in [3.8, 4) is 11.4 Å². The van der Waals surface area contributed by atoms with E-state index in [1.165, 1.54) is 16.9 Å². The maximum Gasteiger partial charge on any atom is 0.434 e. The number of hydrogen-bond donors (Lipinski definition) is 3. The van der Waals surface area contributed by atoms with E-state index in [-0.39, 0.29) is 23.5 Å². The second-order valence-corrected chi connectivity index (χ2v) is 12.9.